The highest BCUT2D eigenvalue weighted by Crippen LogP contribution is 2.24. The molecule has 3 aromatic rings. The van der Waals surface area contributed by atoms with E-state index in [9.17, 15) is 4.79 Å². The van der Waals surface area contributed by atoms with Crippen molar-refractivity contribution in [2.45, 2.75) is 6.42 Å². The lowest BCUT2D eigenvalue weighted by molar-refractivity contribution is 0.0730. The highest BCUT2D eigenvalue weighted by molar-refractivity contribution is 6.30. The summed E-state index contributed by atoms with van der Waals surface area (Å²) in [5.74, 6) is 0.599. The highest BCUT2D eigenvalue weighted by atomic mass is 35.5. The molecule has 0 aromatic carbocycles. The number of anilines is 1. The predicted octanol–water partition coefficient (Wildman–Crippen LogP) is 1.83. The van der Waals surface area contributed by atoms with Crippen molar-refractivity contribution in [2.75, 3.05) is 18.6 Å². The minimum absolute atomic E-state index is 0.189. The summed E-state index contributed by atoms with van der Waals surface area (Å²) in [6.45, 7) is 0.579. The van der Waals surface area contributed by atoms with E-state index in [4.69, 9.17) is 11.6 Å². The van der Waals surface area contributed by atoms with Crippen LogP contribution in [0.25, 0.3) is 5.65 Å². The van der Waals surface area contributed by atoms with Crippen molar-refractivity contribution in [1.82, 2.24) is 24.6 Å². The summed E-state index contributed by atoms with van der Waals surface area (Å²) in [5.41, 5.74) is 2.03. The molecule has 0 aliphatic carbocycles. The Morgan fingerprint density at radius 3 is 3.09 bits per heavy atom. The van der Waals surface area contributed by atoms with Crippen molar-refractivity contribution in [3.05, 3.63) is 53.1 Å². The van der Waals surface area contributed by atoms with Gasteiger partial charge in [-0.25, -0.2) is 19.5 Å². The molecule has 0 unspecified atom stereocenters. The fourth-order valence-corrected chi connectivity index (χ4v) is 2.88. The van der Waals surface area contributed by atoms with E-state index in [-0.39, 0.29) is 5.91 Å². The van der Waals surface area contributed by atoms with Crippen LogP contribution in [0.4, 0.5) is 5.82 Å². The van der Waals surface area contributed by atoms with E-state index in [1.165, 1.54) is 10.7 Å². The number of halogens is 1. The van der Waals surface area contributed by atoms with Crippen LogP contribution < -0.4 is 5.01 Å². The summed E-state index contributed by atoms with van der Waals surface area (Å²) < 4.78 is 1.51. The Kier molecular flexibility index (Phi) is 3.16. The van der Waals surface area contributed by atoms with Crippen LogP contribution in [0, 0.1) is 0 Å². The first-order chi connectivity index (χ1) is 11.1. The Balaban J connectivity index is 1.68. The molecule has 4 heterocycles. The number of pyridine rings is 1. The molecular formula is C15H13ClN6O. The smallest absolute Gasteiger partial charge is 0.268 e. The van der Waals surface area contributed by atoms with Gasteiger partial charge < -0.3 is 0 Å². The molecule has 1 aliphatic rings. The Bertz CT molecular complexity index is 908. The quantitative estimate of drug-likeness (QED) is 0.682. The van der Waals surface area contributed by atoms with E-state index in [2.05, 4.69) is 15.1 Å². The minimum Gasteiger partial charge on any atom is -0.268 e. The number of hydrogen-bond acceptors (Lipinski definition) is 5. The molecule has 0 saturated heterocycles. The fourth-order valence-electron chi connectivity index (χ4n) is 2.74. The van der Waals surface area contributed by atoms with Crippen LogP contribution in [0.2, 0.25) is 5.02 Å². The number of hydrazine groups is 1. The second-order valence-corrected chi connectivity index (χ2v) is 5.73. The molecule has 0 spiro atoms. The average Bonchev–Trinajstić information content (AvgIpc) is 2.98. The molecule has 0 saturated carbocycles. The zero-order valence-electron chi connectivity index (χ0n) is 12.3. The molecule has 0 bridgehead atoms. The highest BCUT2D eigenvalue weighted by Gasteiger charge is 2.28. The van der Waals surface area contributed by atoms with E-state index in [0.717, 1.165) is 17.8 Å². The van der Waals surface area contributed by atoms with Crippen LogP contribution in [-0.2, 0) is 6.42 Å². The Labute approximate surface area is 137 Å². The van der Waals surface area contributed by atoms with Crippen LogP contribution in [0.3, 0.4) is 0 Å². The standard InChI is InChI=1S/C15H13ClN6O/c1-20-14-10(3-2-5-17-14)4-6-22(20)15(23)12-7-13-18-8-11(16)9-21(13)19-12/h2-3,5,7-9H,4,6H2,1H3. The Morgan fingerprint density at radius 2 is 2.22 bits per heavy atom. The largest absolute Gasteiger partial charge is 0.293 e. The zero-order chi connectivity index (χ0) is 16.0. The SMILES string of the molecule is CN1c2ncccc2CCN1C(=O)c1cc2ncc(Cl)cn2n1. The third kappa shape index (κ3) is 2.29. The summed E-state index contributed by atoms with van der Waals surface area (Å²) in [5, 5.41) is 8.14. The number of aromatic nitrogens is 4. The van der Waals surface area contributed by atoms with E-state index in [1.54, 1.807) is 28.5 Å². The topological polar surface area (TPSA) is 66.6 Å². The van der Waals surface area contributed by atoms with Gasteiger partial charge in [-0.15, -0.1) is 0 Å². The first-order valence-electron chi connectivity index (χ1n) is 7.14. The van der Waals surface area contributed by atoms with Crippen molar-refractivity contribution < 1.29 is 4.79 Å². The van der Waals surface area contributed by atoms with E-state index >= 15 is 0 Å². The lowest BCUT2D eigenvalue weighted by Gasteiger charge is -2.37. The first kappa shape index (κ1) is 14.0. The first-order valence-corrected chi connectivity index (χ1v) is 7.51. The summed E-state index contributed by atoms with van der Waals surface area (Å²) >= 11 is 5.90. The number of fused-ring (bicyclic) bond motifs is 2. The van der Waals surface area contributed by atoms with Crippen molar-refractivity contribution in [3.63, 3.8) is 0 Å². The average molecular weight is 329 g/mol. The van der Waals surface area contributed by atoms with Gasteiger partial charge in [-0.1, -0.05) is 17.7 Å². The number of nitrogens with zero attached hydrogens (tertiary/aromatic N) is 6. The third-order valence-corrected chi connectivity index (χ3v) is 4.06. The molecule has 0 atom stereocenters. The minimum atomic E-state index is -0.189. The van der Waals surface area contributed by atoms with Crippen LogP contribution in [-0.4, -0.2) is 44.1 Å². The van der Waals surface area contributed by atoms with Crippen LogP contribution in [0.5, 0.6) is 0 Å². The van der Waals surface area contributed by atoms with Crippen molar-refractivity contribution >= 4 is 29.0 Å². The second kappa shape index (κ2) is 5.20. The van der Waals surface area contributed by atoms with Crippen molar-refractivity contribution in [2.24, 2.45) is 0 Å². The van der Waals surface area contributed by atoms with Gasteiger partial charge >= 0.3 is 0 Å². The van der Waals surface area contributed by atoms with Gasteiger partial charge in [-0.2, -0.15) is 5.10 Å². The summed E-state index contributed by atoms with van der Waals surface area (Å²) in [6.07, 6.45) is 5.63. The summed E-state index contributed by atoms with van der Waals surface area (Å²) in [6, 6.07) is 5.58. The van der Waals surface area contributed by atoms with E-state index in [0.29, 0.717) is 22.9 Å². The van der Waals surface area contributed by atoms with E-state index in [1.807, 2.05) is 19.2 Å². The molecular weight excluding hydrogens is 316 g/mol. The molecule has 8 heteroatoms. The lowest BCUT2D eigenvalue weighted by atomic mass is 10.1. The van der Waals surface area contributed by atoms with Gasteiger partial charge in [0.2, 0.25) is 0 Å². The zero-order valence-corrected chi connectivity index (χ0v) is 13.1. The van der Waals surface area contributed by atoms with Gasteiger partial charge in [0.1, 0.15) is 5.82 Å². The normalized spacial score (nSPS) is 14.2. The predicted molar refractivity (Wildman–Crippen MR) is 85.4 cm³/mol. The molecule has 23 heavy (non-hydrogen) atoms. The second-order valence-electron chi connectivity index (χ2n) is 5.29. The molecule has 3 aromatic heterocycles. The molecule has 116 valence electrons. The van der Waals surface area contributed by atoms with Gasteiger partial charge in [0.15, 0.2) is 11.3 Å². The Hall–Kier alpha value is -2.67. The fraction of sp³-hybridized carbons (Fsp3) is 0.200. The molecule has 1 aliphatic heterocycles. The number of amides is 1. The van der Waals surface area contributed by atoms with Gasteiger partial charge in [-0.3, -0.25) is 9.80 Å². The Morgan fingerprint density at radius 1 is 1.35 bits per heavy atom. The molecule has 4 rings (SSSR count). The third-order valence-electron chi connectivity index (χ3n) is 3.86. The van der Waals surface area contributed by atoms with Gasteiger partial charge in [-0.05, 0) is 18.1 Å². The summed E-state index contributed by atoms with van der Waals surface area (Å²) in [4.78, 5) is 21.3. The molecule has 1 amide bonds. The van der Waals surface area contributed by atoms with Gasteiger partial charge in [0, 0.05) is 32.1 Å². The lowest BCUT2D eigenvalue weighted by Crippen LogP contribution is -2.49. The maximum atomic E-state index is 12.8. The van der Waals surface area contributed by atoms with Gasteiger partial charge in [0.05, 0.1) is 11.2 Å². The van der Waals surface area contributed by atoms with Crippen LogP contribution in [0.15, 0.2) is 36.8 Å². The number of carbonyl (C=O) groups excluding carboxylic acids is 1. The van der Waals surface area contributed by atoms with Crippen molar-refractivity contribution in [3.8, 4) is 0 Å². The molecule has 0 fully saturated rings. The maximum Gasteiger partial charge on any atom is 0.293 e. The number of carbonyl (C=O) groups is 1. The monoisotopic (exact) mass is 328 g/mol. The van der Waals surface area contributed by atoms with E-state index < -0.39 is 0 Å². The van der Waals surface area contributed by atoms with Gasteiger partial charge in [0.25, 0.3) is 5.91 Å². The molecule has 0 N–H and O–H groups in total. The summed E-state index contributed by atoms with van der Waals surface area (Å²) in [7, 11) is 1.83. The van der Waals surface area contributed by atoms with Crippen molar-refractivity contribution in [1.29, 1.82) is 0 Å². The maximum absolute atomic E-state index is 12.8. The van der Waals surface area contributed by atoms with Crippen LogP contribution >= 0.6 is 11.6 Å². The van der Waals surface area contributed by atoms with Crippen LogP contribution in [0.1, 0.15) is 16.1 Å². The molecule has 7 nitrogen and oxygen atoms in total. The molecule has 0 radical (unpaired) electrons. The number of hydrogen-bond donors (Lipinski definition) is 0. The number of rotatable bonds is 1.